The number of hydrogen-bond acceptors (Lipinski definition) is 23. The Bertz CT molecular complexity index is 3280. The Kier molecular flexibility index (Phi) is 24.7. The molecule has 94 heavy (non-hydrogen) atoms. The van der Waals surface area contributed by atoms with E-state index < -0.39 is 27.8 Å². The molecule has 4 saturated heterocycles. The van der Waals surface area contributed by atoms with Gasteiger partial charge in [0.25, 0.3) is 23.6 Å². The minimum Gasteiger partial charge on any atom is -0.493 e. The number of aromatic nitrogens is 1. The van der Waals surface area contributed by atoms with Gasteiger partial charge in [-0.3, -0.25) is 53.4 Å². The van der Waals surface area contributed by atoms with Crippen molar-refractivity contribution in [2.24, 2.45) is 9.98 Å². The van der Waals surface area contributed by atoms with Crippen LogP contribution in [0.3, 0.4) is 0 Å². The van der Waals surface area contributed by atoms with E-state index in [1.807, 2.05) is 69.1 Å². The molecule has 1 N–H and O–H groups in total. The third-order valence-corrected chi connectivity index (χ3v) is 17.7. The Morgan fingerprint density at radius 2 is 1.17 bits per heavy atom. The molecular formula is C66H83N9O18S. The molecule has 3 atom stereocenters. The zero-order valence-corrected chi connectivity index (χ0v) is 55.1. The molecule has 2 aromatic carbocycles. The van der Waals surface area contributed by atoms with Crippen LogP contribution < -0.4 is 29.0 Å². The molecule has 1 aromatic heterocycles. The highest BCUT2D eigenvalue weighted by Crippen LogP contribution is 2.42. The monoisotopic (exact) mass is 1320 g/mol. The quantitative estimate of drug-likeness (QED) is 0.0430. The normalized spacial score (nSPS) is 19.3. The van der Waals surface area contributed by atoms with Crippen LogP contribution >= 0.6 is 11.8 Å². The van der Waals surface area contributed by atoms with Crippen LogP contribution in [-0.2, 0) is 65.8 Å². The van der Waals surface area contributed by atoms with Gasteiger partial charge in [0.2, 0.25) is 17.7 Å². The number of nitrogens with zero attached hydrogens (tertiary/aromatic N) is 8. The lowest BCUT2D eigenvalue weighted by Gasteiger charge is -2.31. The number of fused-ring (bicyclic) bond motifs is 4. The summed E-state index contributed by atoms with van der Waals surface area (Å²) in [5.41, 5.74) is 5.11. The summed E-state index contributed by atoms with van der Waals surface area (Å²) in [5.74, 6) is -1.14. The van der Waals surface area contributed by atoms with E-state index in [-0.39, 0.29) is 140 Å². The van der Waals surface area contributed by atoms with Crippen molar-refractivity contribution in [3.63, 3.8) is 0 Å². The van der Waals surface area contributed by atoms with E-state index in [1.165, 1.54) is 42.0 Å². The van der Waals surface area contributed by atoms with Crippen molar-refractivity contribution in [2.45, 2.75) is 108 Å². The van der Waals surface area contributed by atoms with Crippen LogP contribution in [0.15, 0.2) is 69.7 Å². The molecule has 28 heteroatoms. The molecule has 0 spiro atoms. The predicted molar refractivity (Wildman–Crippen MR) is 344 cm³/mol. The summed E-state index contributed by atoms with van der Waals surface area (Å²) in [5, 5.41) is 2.65. The Morgan fingerprint density at radius 1 is 0.649 bits per heavy atom. The number of aliphatic imine (C=N–C) groups is 2. The van der Waals surface area contributed by atoms with Gasteiger partial charge in [0, 0.05) is 106 Å². The lowest BCUT2D eigenvalue weighted by molar-refractivity contribution is -0.198. The van der Waals surface area contributed by atoms with E-state index in [0.29, 0.717) is 114 Å². The number of nitrogens with one attached hydrogen (secondary N) is 1. The molecule has 4 fully saturated rings. The summed E-state index contributed by atoms with van der Waals surface area (Å²) in [6.45, 7) is 12.4. The first-order chi connectivity index (χ1) is 45.3. The van der Waals surface area contributed by atoms with Crippen LogP contribution in [0.5, 0.6) is 28.7 Å². The number of methoxy groups -OCH3 is 2. The minimum atomic E-state index is -0.738. The summed E-state index contributed by atoms with van der Waals surface area (Å²) in [6.07, 6.45) is 9.05. The second kappa shape index (κ2) is 33.2. The third kappa shape index (κ3) is 18.6. The number of thioether (sulfide) groups is 1. The number of ether oxygens (including phenoxy) is 9. The van der Waals surface area contributed by atoms with Gasteiger partial charge in [0.05, 0.1) is 125 Å². The smallest absolute Gasteiger partial charge is 0.335 e. The van der Waals surface area contributed by atoms with Crippen molar-refractivity contribution in [2.75, 3.05) is 120 Å². The Balaban J connectivity index is 0.714. The van der Waals surface area contributed by atoms with Gasteiger partial charge in [-0.2, -0.15) is 0 Å². The lowest BCUT2D eigenvalue weighted by atomic mass is 10.1. The molecule has 0 saturated carbocycles. The first-order valence-corrected chi connectivity index (χ1v) is 32.4. The fraction of sp³-hybridized carbons (Fsp3) is 0.530. The van der Waals surface area contributed by atoms with Gasteiger partial charge in [-0.1, -0.05) is 23.3 Å². The number of likely N-dealkylation sites (tertiary alicyclic amines) is 1. The molecule has 6 aliphatic rings. The molecule has 0 bridgehead atoms. The summed E-state index contributed by atoms with van der Waals surface area (Å²) in [4.78, 5) is 128. The number of carbonyl (C=O) groups is 8. The van der Waals surface area contributed by atoms with Crippen molar-refractivity contribution in [1.82, 2.24) is 35.0 Å². The molecule has 6 aliphatic heterocycles. The summed E-state index contributed by atoms with van der Waals surface area (Å²) in [7, 11) is 4.98. The van der Waals surface area contributed by atoms with E-state index in [0.717, 1.165) is 12.8 Å². The largest absolute Gasteiger partial charge is 0.493 e. The molecule has 0 aliphatic carbocycles. The molecular weight excluding hydrogens is 1240 g/mol. The van der Waals surface area contributed by atoms with Gasteiger partial charge in [-0.05, 0) is 59.7 Å². The molecule has 0 radical (unpaired) electrons. The van der Waals surface area contributed by atoms with Crippen molar-refractivity contribution < 1.29 is 85.8 Å². The summed E-state index contributed by atoms with van der Waals surface area (Å²) >= 11 is 1.42. The van der Waals surface area contributed by atoms with Crippen LogP contribution in [0.4, 0.5) is 11.4 Å². The number of likely N-dealkylation sites (N-methyl/N-ethyl adjacent to an activating group) is 1. The molecule has 506 valence electrons. The zero-order valence-electron chi connectivity index (χ0n) is 54.3. The molecule has 9 rings (SSSR count). The Morgan fingerprint density at radius 3 is 1.69 bits per heavy atom. The SMILES string of the molecule is C/C=C1\C[C@H]2C=Nc3cc(OCc4cc(OCCN(C)CC(C)(C)SC5CC(=O)N(CCC(=O)NCCOCCOCCOCCOCCC(=O)ON6C(=O)CCC6=O)C5=O)cc(COc5cc6c(cc5OC)C(=O)N5C/C(=C/C)C[C@H]5C=N6)n4)c(OC)cc3C(=O)N2C1. The maximum Gasteiger partial charge on any atom is 0.335 e. The zero-order chi connectivity index (χ0) is 66.9. The topological polar surface area (TPSA) is 295 Å². The van der Waals surface area contributed by atoms with E-state index >= 15 is 0 Å². The van der Waals surface area contributed by atoms with Gasteiger partial charge in [-0.15, -0.1) is 16.8 Å². The van der Waals surface area contributed by atoms with Crippen LogP contribution in [0.25, 0.3) is 0 Å². The van der Waals surface area contributed by atoms with E-state index in [1.54, 1.807) is 36.4 Å². The third-order valence-electron chi connectivity index (χ3n) is 16.2. The fourth-order valence-electron chi connectivity index (χ4n) is 11.4. The van der Waals surface area contributed by atoms with Gasteiger partial charge in [0.15, 0.2) is 23.0 Å². The molecule has 3 aromatic rings. The second-order valence-corrected chi connectivity index (χ2v) is 25.6. The molecule has 7 heterocycles. The number of imide groups is 2. The number of allylic oxidation sites excluding steroid dienone is 2. The first-order valence-electron chi connectivity index (χ1n) is 31.5. The first kappa shape index (κ1) is 70.0. The number of hydroxylamine groups is 2. The van der Waals surface area contributed by atoms with Crippen molar-refractivity contribution in [1.29, 1.82) is 0 Å². The van der Waals surface area contributed by atoms with E-state index in [9.17, 15) is 38.4 Å². The van der Waals surface area contributed by atoms with Gasteiger partial charge in [0.1, 0.15) is 25.6 Å². The van der Waals surface area contributed by atoms with E-state index in [4.69, 9.17) is 62.4 Å². The van der Waals surface area contributed by atoms with Crippen LogP contribution in [-0.4, -0.2) is 231 Å². The Hall–Kier alpha value is -8.28. The number of amides is 7. The number of carbonyl (C=O) groups excluding carboxylic acids is 8. The van der Waals surface area contributed by atoms with Gasteiger partial charge in [-0.25, -0.2) is 4.79 Å². The molecule has 27 nitrogen and oxygen atoms in total. The van der Waals surface area contributed by atoms with Crippen LogP contribution in [0, 0.1) is 0 Å². The number of hydrogen-bond donors (Lipinski definition) is 1. The summed E-state index contributed by atoms with van der Waals surface area (Å²) in [6, 6.07) is 9.99. The predicted octanol–water partition coefficient (Wildman–Crippen LogP) is 5.53. The number of benzene rings is 2. The number of rotatable bonds is 35. The van der Waals surface area contributed by atoms with Crippen LogP contribution in [0.2, 0.25) is 0 Å². The van der Waals surface area contributed by atoms with Crippen molar-refractivity contribution >= 4 is 82.9 Å². The highest BCUT2D eigenvalue weighted by atomic mass is 32.2. The fourth-order valence-corrected chi connectivity index (χ4v) is 12.9. The van der Waals surface area contributed by atoms with Gasteiger partial charge >= 0.3 is 5.97 Å². The highest BCUT2D eigenvalue weighted by molar-refractivity contribution is 8.02. The minimum absolute atomic E-state index is 0.0246. The lowest BCUT2D eigenvalue weighted by Crippen LogP contribution is -2.39. The van der Waals surface area contributed by atoms with E-state index in [2.05, 4.69) is 10.2 Å². The summed E-state index contributed by atoms with van der Waals surface area (Å²) < 4.78 is 52.1. The van der Waals surface area contributed by atoms with Crippen molar-refractivity contribution in [3.05, 3.63) is 82.2 Å². The maximum atomic E-state index is 13.8. The standard InChI is InChI=1S/C66H83N9O18S/c1-8-42-26-46-35-68-51-32-55(53(84-6)30-49(51)63(81)73(46)37-42)91-39-44-28-48(29-45(70-44)40-92-56-33-52-50(31-54(56)85-7)64(82)74-38-43(9-2)27-47(74)36-69-52)90-19-16-71(5)41-66(3,4)94-57-34-61(79)72(65(57)83)15-12-58(76)67-14-18-87-21-23-89-25-24-88-22-20-86-17-13-62(80)93-75-59(77)10-11-60(75)78/h8-9,28-33,35-36,46-47,57H,10-27,34,37-41H2,1-7H3,(H,67,76)/b42-8+,43-9+/t46-,47-,57?/m0/s1. The molecule has 7 amide bonds. The van der Waals surface area contributed by atoms with Crippen molar-refractivity contribution in [3.8, 4) is 28.7 Å². The average Bonchev–Trinajstić information content (AvgIpc) is 1.64. The van der Waals surface area contributed by atoms with Crippen LogP contribution in [0.1, 0.15) is 105 Å². The average molecular weight is 1320 g/mol. The second-order valence-electron chi connectivity index (χ2n) is 23.6. The number of pyridine rings is 1. The van der Waals surface area contributed by atoms with Gasteiger partial charge < -0.3 is 67.5 Å². The highest BCUT2D eigenvalue weighted by Gasteiger charge is 2.43. The Labute approximate surface area is 550 Å². The molecule has 1 unspecified atom stereocenters. The maximum absolute atomic E-state index is 13.8.